The summed E-state index contributed by atoms with van der Waals surface area (Å²) in [6.45, 7) is 3.87. The van der Waals surface area contributed by atoms with Gasteiger partial charge in [-0.1, -0.05) is 6.92 Å². The van der Waals surface area contributed by atoms with Gasteiger partial charge in [0, 0.05) is 25.1 Å². The number of hydrogen-bond donors (Lipinski definition) is 2. The van der Waals surface area contributed by atoms with Crippen LogP contribution in [-0.4, -0.2) is 25.7 Å². The molecule has 2 rings (SSSR count). The molecule has 6 heteroatoms. The molecular weight excluding hydrogens is 230 g/mol. The lowest BCUT2D eigenvalue weighted by Gasteiger charge is -2.14. The monoisotopic (exact) mass is 247 g/mol. The molecule has 2 N–H and O–H groups in total. The lowest BCUT2D eigenvalue weighted by atomic mass is 10.2. The number of aryl methyl sites for hydroxylation is 1. The molecule has 1 amide bonds. The number of H-pyrrole nitrogens is 1. The van der Waals surface area contributed by atoms with E-state index in [1.54, 1.807) is 23.3 Å². The van der Waals surface area contributed by atoms with E-state index in [4.69, 9.17) is 0 Å². The van der Waals surface area contributed by atoms with Crippen LogP contribution in [0, 0.1) is 6.92 Å². The van der Waals surface area contributed by atoms with Crippen molar-refractivity contribution >= 4 is 5.91 Å². The maximum absolute atomic E-state index is 12.1. The molecule has 2 aromatic heterocycles. The first kappa shape index (κ1) is 12.3. The fourth-order valence-corrected chi connectivity index (χ4v) is 1.79. The number of carbonyl (C=O) groups is 1. The molecule has 0 bridgehead atoms. The van der Waals surface area contributed by atoms with Crippen molar-refractivity contribution in [1.82, 2.24) is 25.1 Å². The standard InChI is InChI=1S/C12H17N5O/c1-4-10(11-13-5-6-14-11)16-12(18)9-7-15-17(3)8(9)2/h5-7,10H,4H2,1-3H3,(H,13,14)(H,16,18). The van der Waals surface area contributed by atoms with Crippen LogP contribution < -0.4 is 5.32 Å². The van der Waals surface area contributed by atoms with Crippen molar-refractivity contribution in [2.45, 2.75) is 26.3 Å². The Bertz CT molecular complexity index is 529. The normalized spacial score (nSPS) is 12.4. The van der Waals surface area contributed by atoms with E-state index in [1.165, 1.54) is 0 Å². The van der Waals surface area contributed by atoms with Crippen LogP contribution in [0.5, 0.6) is 0 Å². The fourth-order valence-electron chi connectivity index (χ4n) is 1.79. The number of nitrogens with one attached hydrogen (secondary N) is 2. The van der Waals surface area contributed by atoms with Crippen LogP contribution in [0.3, 0.4) is 0 Å². The molecule has 6 nitrogen and oxygen atoms in total. The summed E-state index contributed by atoms with van der Waals surface area (Å²) in [7, 11) is 1.82. The Morgan fingerprint density at radius 3 is 2.89 bits per heavy atom. The Hall–Kier alpha value is -2.11. The summed E-state index contributed by atoms with van der Waals surface area (Å²) < 4.78 is 1.68. The number of aromatic amines is 1. The molecule has 1 atom stereocenters. The molecule has 0 saturated heterocycles. The third kappa shape index (κ3) is 2.27. The highest BCUT2D eigenvalue weighted by Gasteiger charge is 2.18. The average molecular weight is 247 g/mol. The van der Waals surface area contributed by atoms with Crippen molar-refractivity contribution in [3.63, 3.8) is 0 Å². The molecule has 0 aliphatic carbocycles. The molecule has 0 aromatic carbocycles. The van der Waals surface area contributed by atoms with E-state index in [9.17, 15) is 4.79 Å². The predicted molar refractivity (Wildman–Crippen MR) is 67.0 cm³/mol. The van der Waals surface area contributed by atoms with Gasteiger partial charge >= 0.3 is 0 Å². The largest absolute Gasteiger partial charge is 0.347 e. The van der Waals surface area contributed by atoms with E-state index >= 15 is 0 Å². The average Bonchev–Trinajstić information content (AvgIpc) is 2.98. The van der Waals surface area contributed by atoms with Gasteiger partial charge in [0.25, 0.3) is 5.91 Å². The Kier molecular flexibility index (Phi) is 3.45. The molecule has 2 heterocycles. The molecule has 2 aromatic rings. The van der Waals surface area contributed by atoms with Crippen LogP contribution >= 0.6 is 0 Å². The summed E-state index contributed by atoms with van der Waals surface area (Å²) in [4.78, 5) is 19.3. The summed E-state index contributed by atoms with van der Waals surface area (Å²) in [5.74, 6) is 0.649. The Labute approximate surface area is 105 Å². The molecule has 0 aliphatic rings. The van der Waals surface area contributed by atoms with Gasteiger partial charge in [0.05, 0.1) is 17.8 Å². The molecular formula is C12H17N5O. The molecule has 1 unspecified atom stereocenters. The smallest absolute Gasteiger partial charge is 0.255 e. The third-order valence-electron chi connectivity index (χ3n) is 3.04. The zero-order valence-electron chi connectivity index (χ0n) is 10.8. The molecule has 0 aliphatic heterocycles. The van der Waals surface area contributed by atoms with Crippen molar-refractivity contribution in [3.8, 4) is 0 Å². The Morgan fingerprint density at radius 2 is 2.39 bits per heavy atom. The number of imidazole rings is 1. The fraction of sp³-hybridized carbons (Fsp3) is 0.417. The molecule has 0 spiro atoms. The summed E-state index contributed by atoms with van der Waals surface area (Å²) in [6.07, 6.45) is 5.79. The number of rotatable bonds is 4. The van der Waals surface area contributed by atoms with E-state index in [2.05, 4.69) is 20.4 Å². The van der Waals surface area contributed by atoms with Crippen molar-refractivity contribution in [3.05, 3.63) is 35.7 Å². The minimum atomic E-state index is -0.121. The quantitative estimate of drug-likeness (QED) is 0.855. The number of carbonyl (C=O) groups excluding carboxylic acids is 1. The van der Waals surface area contributed by atoms with E-state index in [-0.39, 0.29) is 11.9 Å². The summed E-state index contributed by atoms with van der Waals surface area (Å²) >= 11 is 0. The van der Waals surface area contributed by atoms with Gasteiger partial charge in [-0.3, -0.25) is 9.48 Å². The molecule has 96 valence electrons. The highest BCUT2D eigenvalue weighted by molar-refractivity contribution is 5.95. The van der Waals surface area contributed by atoms with Crippen LogP contribution in [0.1, 0.15) is 41.3 Å². The minimum Gasteiger partial charge on any atom is -0.347 e. The number of nitrogens with zero attached hydrogens (tertiary/aromatic N) is 3. The number of aromatic nitrogens is 4. The maximum atomic E-state index is 12.1. The van der Waals surface area contributed by atoms with E-state index in [0.717, 1.165) is 17.9 Å². The van der Waals surface area contributed by atoms with Gasteiger partial charge in [-0.05, 0) is 13.3 Å². The molecule has 18 heavy (non-hydrogen) atoms. The van der Waals surface area contributed by atoms with Crippen LogP contribution in [0.25, 0.3) is 0 Å². The van der Waals surface area contributed by atoms with E-state index < -0.39 is 0 Å². The van der Waals surface area contributed by atoms with Gasteiger partial charge in [0.2, 0.25) is 0 Å². The minimum absolute atomic E-state index is 0.105. The highest BCUT2D eigenvalue weighted by Crippen LogP contribution is 2.13. The van der Waals surface area contributed by atoms with Crippen molar-refractivity contribution in [1.29, 1.82) is 0 Å². The summed E-state index contributed by atoms with van der Waals surface area (Å²) in [5.41, 5.74) is 1.45. The van der Waals surface area contributed by atoms with Crippen LogP contribution in [-0.2, 0) is 7.05 Å². The maximum Gasteiger partial charge on any atom is 0.255 e. The van der Waals surface area contributed by atoms with Crippen LogP contribution in [0.4, 0.5) is 0 Å². The van der Waals surface area contributed by atoms with Gasteiger partial charge in [-0.2, -0.15) is 5.10 Å². The first-order valence-corrected chi connectivity index (χ1v) is 5.92. The lowest BCUT2D eigenvalue weighted by molar-refractivity contribution is 0.0933. The number of hydrogen-bond acceptors (Lipinski definition) is 3. The SMILES string of the molecule is CCC(NC(=O)c1cnn(C)c1C)c1ncc[nH]1. The van der Waals surface area contributed by atoms with Gasteiger partial charge < -0.3 is 10.3 Å². The van der Waals surface area contributed by atoms with Crippen LogP contribution in [0.2, 0.25) is 0 Å². The predicted octanol–water partition coefficient (Wildman–Crippen LogP) is 1.33. The van der Waals surface area contributed by atoms with Crippen molar-refractivity contribution < 1.29 is 4.79 Å². The first-order valence-electron chi connectivity index (χ1n) is 5.92. The zero-order chi connectivity index (χ0) is 13.1. The van der Waals surface area contributed by atoms with Gasteiger partial charge in [0.15, 0.2) is 0 Å². The summed E-state index contributed by atoms with van der Waals surface area (Å²) in [5, 5.41) is 7.02. The van der Waals surface area contributed by atoms with Crippen molar-refractivity contribution in [2.75, 3.05) is 0 Å². The lowest BCUT2D eigenvalue weighted by Crippen LogP contribution is -2.29. The summed E-state index contributed by atoms with van der Waals surface area (Å²) in [6, 6.07) is -0.105. The Morgan fingerprint density at radius 1 is 1.61 bits per heavy atom. The van der Waals surface area contributed by atoms with E-state index in [1.807, 2.05) is 20.9 Å². The third-order valence-corrected chi connectivity index (χ3v) is 3.04. The van der Waals surface area contributed by atoms with E-state index in [0.29, 0.717) is 5.56 Å². The second kappa shape index (κ2) is 5.03. The molecule has 0 radical (unpaired) electrons. The van der Waals surface area contributed by atoms with Gasteiger partial charge in [-0.15, -0.1) is 0 Å². The molecule has 0 fully saturated rings. The highest BCUT2D eigenvalue weighted by atomic mass is 16.1. The first-order chi connectivity index (χ1) is 8.63. The second-order valence-corrected chi connectivity index (χ2v) is 4.18. The topological polar surface area (TPSA) is 75.6 Å². The van der Waals surface area contributed by atoms with Gasteiger partial charge in [0.1, 0.15) is 5.82 Å². The number of amides is 1. The molecule has 0 saturated carbocycles. The van der Waals surface area contributed by atoms with Crippen molar-refractivity contribution in [2.24, 2.45) is 7.05 Å². The second-order valence-electron chi connectivity index (χ2n) is 4.18. The van der Waals surface area contributed by atoms with Crippen LogP contribution in [0.15, 0.2) is 18.6 Å². The van der Waals surface area contributed by atoms with Gasteiger partial charge in [-0.25, -0.2) is 4.98 Å². The Balaban J connectivity index is 2.13. The zero-order valence-corrected chi connectivity index (χ0v) is 10.8.